The van der Waals surface area contributed by atoms with Gasteiger partial charge in [-0.3, -0.25) is 4.79 Å². The number of morpholine rings is 1. The summed E-state index contributed by atoms with van der Waals surface area (Å²) in [6, 6.07) is 8.22. The lowest BCUT2D eigenvalue weighted by atomic mass is 10.1. The van der Waals surface area contributed by atoms with Gasteiger partial charge in [0.1, 0.15) is 0 Å². The van der Waals surface area contributed by atoms with Crippen LogP contribution >= 0.6 is 0 Å². The summed E-state index contributed by atoms with van der Waals surface area (Å²) < 4.78 is 7.78. The third kappa shape index (κ3) is 2.81. The number of ether oxygens (including phenoxy) is 1. The van der Waals surface area contributed by atoms with Crippen molar-refractivity contribution < 1.29 is 9.53 Å². The van der Waals surface area contributed by atoms with Crippen LogP contribution in [-0.4, -0.2) is 40.7 Å². The van der Waals surface area contributed by atoms with Gasteiger partial charge in [0, 0.05) is 37.2 Å². The average molecular weight is 286 g/mol. The van der Waals surface area contributed by atoms with Crippen LogP contribution in [0.3, 0.4) is 0 Å². The van der Waals surface area contributed by atoms with E-state index in [0.29, 0.717) is 19.5 Å². The van der Waals surface area contributed by atoms with E-state index in [4.69, 9.17) is 4.74 Å². The monoisotopic (exact) mass is 286 g/mol. The van der Waals surface area contributed by atoms with Gasteiger partial charge in [0.15, 0.2) is 0 Å². The predicted molar refractivity (Wildman–Crippen MR) is 83.2 cm³/mol. The van der Waals surface area contributed by atoms with Gasteiger partial charge in [-0.1, -0.05) is 18.2 Å². The summed E-state index contributed by atoms with van der Waals surface area (Å²) in [4.78, 5) is 14.5. The first kappa shape index (κ1) is 14.1. The molecule has 112 valence electrons. The molecule has 1 aromatic heterocycles. The minimum Gasteiger partial charge on any atom is -0.372 e. The number of hydrogen-bond donors (Lipinski definition) is 0. The topological polar surface area (TPSA) is 34.5 Å². The van der Waals surface area contributed by atoms with E-state index in [-0.39, 0.29) is 18.1 Å². The summed E-state index contributed by atoms with van der Waals surface area (Å²) in [5, 5.41) is 1.17. The van der Waals surface area contributed by atoms with Crippen molar-refractivity contribution in [3.05, 3.63) is 36.0 Å². The Hall–Kier alpha value is -1.81. The van der Waals surface area contributed by atoms with Crippen molar-refractivity contribution in [2.45, 2.75) is 32.5 Å². The van der Waals surface area contributed by atoms with Crippen LogP contribution in [0.15, 0.2) is 30.5 Å². The first-order valence-electron chi connectivity index (χ1n) is 7.50. The standard InChI is InChI=1S/C17H22N2O2/c1-12-9-19(10-13(2)21-12)17(20)8-14-11-18(3)16-7-5-4-6-15(14)16/h4-7,11-13H,8-10H2,1-3H3. The highest BCUT2D eigenvalue weighted by atomic mass is 16.5. The quantitative estimate of drug-likeness (QED) is 0.849. The molecule has 0 spiro atoms. The van der Waals surface area contributed by atoms with Gasteiger partial charge in [0.05, 0.1) is 18.6 Å². The molecule has 2 atom stereocenters. The molecule has 4 heteroatoms. The number of fused-ring (bicyclic) bond motifs is 1. The van der Waals surface area contributed by atoms with E-state index in [1.165, 1.54) is 10.9 Å². The molecule has 1 aliphatic rings. The summed E-state index contributed by atoms with van der Waals surface area (Å²) in [5.41, 5.74) is 2.27. The maximum absolute atomic E-state index is 12.6. The molecule has 0 radical (unpaired) electrons. The Bertz CT molecular complexity index is 652. The van der Waals surface area contributed by atoms with E-state index < -0.39 is 0 Å². The fourth-order valence-corrected chi connectivity index (χ4v) is 3.22. The van der Waals surface area contributed by atoms with Gasteiger partial charge in [-0.2, -0.15) is 0 Å². The average Bonchev–Trinajstić information content (AvgIpc) is 2.75. The molecule has 2 aromatic rings. The molecule has 1 fully saturated rings. The number of benzene rings is 1. The van der Waals surface area contributed by atoms with Crippen molar-refractivity contribution in [3.8, 4) is 0 Å². The minimum atomic E-state index is 0.116. The fourth-order valence-electron chi connectivity index (χ4n) is 3.22. The second-order valence-electron chi connectivity index (χ2n) is 6.02. The lowest BCUT2D eigenvalue weighted by Crippen LogP contribution is -2.48. The summed E-state index contributed by atoms with van der Waals surface area (Å²) >= 11 is 0. The van der Waals surface area contributed by atoms with Gasteiger partial charge in [-0.25, -0.2) is 0 Å². The molecule has 0 saturated carbocycles. The first-order chi connectivity index (χ1) is 10.0. The summed E-state index contributed by atoms with van der Waals surface area (Å²) in [7, 11) is 2.02. The molecule has 1 amide bonds. The van der Waals surface area contributed by atoms with E-state index in [2.05, 4.69) is 22.9 Å². The van der Waals surface area contributed by atoms with Gasteiger partial charge in [0.2, 0.25) is 5.91 Å². The van der Waals surface area contributed by atoms with Crippen molar-refractivity contribution in [1.82, 2.24) is 9.47 Å². The number of aromatic nitrogens is 1. The van der Waals surface area contributed by atoms with E-state index >= 15 is 0 Å². The summed E-state index contributed by atoms with van der Waals surface area (Å²) in [6.45, 7) is 5.42. The molecule has 0 N–H and O–H groups in total. The molecule has 4 nitrogen and oxygen atoms in total. The van der Waals surface area contributed by atoms with Crippen LogP contribution < -0.4 is 0 Å². The molecule has 21 heavy (non-hydrogen) atoms. The normalized spacial score (nSPS) is 22.7. The number of nitrogens with zero attached hydrogens (tertiary/aromatic N) is 2. The number of amides is 1. The van der Waals surface area contributed by atoms with Gasteiger partial charge in [0.25, 0.3) is 0 Å². The second-order valence-corrected chi connectivity index (χ2v) is 6.02. The van der Waals surface area contributed by atoms with Gasteiger partial charge >= 0.3 is 0 Å². The SMILES string of the molecule is CC1CN(C(=O)Cc2cn(C)c3ccccc23)CC(C)O1. The zero-order chi connectivity index (χ0) is 15.0. The number of hydrogen-bond acceptors (Lipinski definition) is 2. The van der Waals surface area contributed by atoms with Crippen molar-refractivity contribution >= 4 is 16.8 Å². The molecular formula is C17H22N2O2. The number of carbonyl (C=O) groups is 1. The van der Waals surface area contributed by atoms with E-state index in [1.54, 1.807) is 0 Å². The van der Waals surface area contributed by atoms with Crippen LogP contribution in [0.4, 0.5) is 0 Å². The zero-order valence-corrected chi connectivity index (χ0v) is 12.9. The Balaban J connectivity index is 1.80. The van der Waals surface area contributed by atoms with Crippen LogP contribution in [0, 0.1) is 0 Å². The van der Waals surface area contributed by atoms with Crippen LogP contribution in [0.1, 0.15) is 19.4 Å². The predicted octanol–water partition coefficient (Wildman–Crippen LogP) is 2.36. The Labute approximate surface area is 125 Å². The highest BCUT2D eigenvalue weighted by Gasteiger charge is 2.26. The maximum Gasteiger partial charge on any atom is 0.227 e. The van der Waals surface area contributed by atoms with Gasteiger partial charge < -0.3 is 14.2 Å². The van der Waals surface area contributed by atoms with Crippen molar-refractivity contribution in [1.29, 1.82) is 0 Å². The third-order valence-electron chi connectivity index (χ3n) is 4.09. The van der Waals surface area contributed by atoms with Crippen LogP contribution in [0.25, 0.3) is 10.9 Å². The van der Waals surface area contributed by atoms with E-state index in [0.717, 1.165) is 5.56 Å². The smallest absolute Gasteiger partial charge is 0.227 e. The molecule has 0 aliphatic carbocycles. The minimum absolute atomic E-state index is 0.116. The molecular weight excluding hydrogens is 264 g/mol. The molecule has 2 unspecified atom stereocenters. The second kappa shape index (κ2) is 5.53. The number of para-hydroxylation sites is 1. The van der Waals surface area contributed by atoms with Crippen molar-refractivity contribution in [3.63, 3.8) is 0 Å². The Morgan fingerprint density at radius 2 is 1.90 bits per heavy atom. The van der Waals surface area contributed by atoms with E-state index in [9.17, 15) is 4.79 Å². The highest BCUT2D eigenvalue weighted by molar-refractivity contribution is 5.89. The van der Waals surface area contributed by atoms with Gasteiger partial charge in [-0.15, -0.1) is 0 Å². The number of carbonyl (C=O) groups excluding carboxylic acids is 1. The van der Waals surface area contributed by atoms with Gasteiger partial charge in [-0.05, 0) is 25.5 Å². The lowest BCUT2D eigenvalue weighted by molar-refractivity contribution is -0.142. The number of aryl methyl sites for hydroxylation is 1. The molecule has 0 bridgehead atoms. The summed E-state index contributed by atoms with van der Waals surface area (Å²) in [6.07, 6.45) is 2.76. The Morgan fingerprint density at radius 1 is 1.24 bits per heavy atom. The van der Waals surface area contributed by atoms with Crippen LogP contribution in [-0.2, 0) is 23.0 Å². The molecule has 1 aliphatic heterocycles. The van der Waals surface area contributed by atoms with Crippen LogP contribution in [0.5, 0.6) is 0 Å². The van der Waals surface area contributed by atoms with Crippen molar-refractivity contribution in [2.24, 2.45) is 7.05 Å². The molecule has 2 heterocycles. The van der Waals surface area contributed by atoms with Crippen molar-refractivity contribution in [2.75, 3.05) is 13.1 Å². The third-order valence-corrected chi connectivity index (χ3v) is 4.09. The Morgan fingerprint density at radius 3 is 2.62 bits per heavy atom. The molecule has 1 saturated heterocycles. The summed E-state index contributed by atoms with van der Waals surface area (Å²) in [5.74, 6) is 0.188. The Kier molecular flexibility index (Phi) is 3.72. The zero-order valence-electron chi connectivity index (χ0n) is 12.9. The lowest BCUT2D eigenvalue weighted by Gasteiger charge is -2.35. The first-order valence-corrected chi connectivity index (χ1v) is 7.50. The maximum atomic E-state index is 12.6. The largest absolute Gasteiger partial charge is 0.372 e. The molecule has 1 aromatic carbocycles. The van der Waals surface area contributed by atoms with E-state index in [1.807, 2.05) is 37.9 Å². The number of rotatable bonds is 2. The molecule has 3 rings (SSSR count). The van der Waals surface area contributed by atoms with Crippen LogP contribution in [0.2, 0.25) is 0 Å². The highest BCUT2D eigenvalue weighted by Crippen LogP contribution is 2.22. The fraction of sp³-hybridized carbons (Fsp3) is 0.471.